The Morgan fingerprint density at radius 1 is 0.667 bits per heavy atom. The van der Waals surface area contributed by atoms with Gasteiger partial charge < -0.3 is 15.4 Å². The summed E-state index contributed by atoms with van der Waals surface area (Å²) in [6.07, 6.45) is 11.3. The molecule has 8 rings (SSSR count). The molecule has 1 aromatic heterocycles. The van der Waals surface area contributed by atoms with E-state index in [-0.39, 0.29) is 11.8 Å². The molecule has 2 amide bonds. The van der Waals surface area contributed by atoms with Crippen LogP contribution >= 0.6 is 34.7 Å². The summed E-state index contributed by atoms with van der Waals surface area (Å²) in [5, 5.41) is 6.31. The van der Waals surface area contributed by atoms with Gasteiger partial charge in [-0.05, 0) is 95.3 Å². The van der Waals surface area contributed by atoms with E-state index in [1.54, 1.807) is 23.1 Å². The lowest BCUT2D eigenvalue weighted by atomic mass is 9.74. The van der Waals surface area contributed by atoms with Gasteiger partial charge in [-0.2, -0.15) is 0 Å². The lowest BCUT2D eigenvalue weighted by molar-refractivity contribution is -0.126. The zero-order valence-electron chi connectivity index (χ0n) is 34.5. The van der Waals surface area contributed by atoms with E-state index in [4.69, 9.17) is 21.3 Å². The van der Waals surface area contributed by atoms with Gasteiger partial charge in [-0.25, -0.2) is 4.98 Å². The van der Waals surface area contributed by atoms with Crippen molar-refractivity contribution in [1.29, 1.82) is 0 Å². The molecule has 0 spiro atoms. The van der Waals surface area contributed by atoms with Gasteiger partial charge in [0.05, 0.1) is 16.8 Å². The minimum absolute atomic E-state index is 0.0703. The second-order valence-electron chi connectivity index (χ2n) is 14.9. The van der Waals surface area contributed by atoms with Crippen molar-refractivity contribution in [2.75, 3.05) is 31.3 Å². The van der Waals surface area contributed by atoms with Gasteiger partial charge in [0.1, 0.15) is 16.6 Å². The highest BCUT2D eigenvalue weighted by atomic mass is 35.5. The Bertz CT molecular complexity index is 2420. The number of hydrogen-bond acceptors (Lipinski definition) is 6. The van der Waals surface area contributed by atoms with E-state index in [2.05, 4.69) is 103 Å². The maximum atomic E-state index is 13.7. The monoisotopic (exact) mass is 853 g/mol. The van der Waals surface area contributed by atoms with Gasteiger partial charge in [0.2, 0.25) is 11.8 Å². The third-order valence-corrected chi connectivity index (χ3v) is 13.5. The van der Waals surface area contributed by atoms with Crippen molar-refractivity contribution in [1.82, 2.24) is 15.6 Å². The van der Waals surface area contributed by atoms with Crippen molar-refractivity contribution in [2.45, 2.75) is 61.6 Å². The molecule has 6 aromatic rings. The molecule has 0 fully saturated rings. The maximum absolute atomic E-state index is 13.7. The van der Waals surface area contributed by atoms with Gasteiger partial charge in [0, 0.05) is 24.7 Å². The van der Waals surface area contributed by atoms with Crippen molar-refractivity contribution >= 4 is 56.7 Å². The van der Waals surface area contributed by atoms with E-state index in [1.165, 1.54) is 0 Å². The molecule has 9 heteroatoms. The Morgan fingerprint density at radius 2 is 1.13 bits per heavy atom. The average molecular weight is 855 g/mol. The number of hydrogen-bond donors (Lipinski definition) is 2. The van der Waals surface area contributed by atoms with Crippen LogP contribution in [0.2, 0.25) is 0 Å². The number of carbonyl (C=O) groups excluding carboxylic acids is 2. The molecule has 0 unspecified atom stereocenters. The summed E-state index contributed by atoms with van der Waals surface area (Å²) >= 11 is 9.22. The molecular weight excluding hydrogens is 802 g/mol. The fraction of sp³-hybridized carbons (Fsp3) is 0.275. The summed E-state index contributed by atoms with van der Waals surface area (Å²) in [7, 11) is 0. The maximum Gasteiger partial charge on any atom is 0.235 e. The van der Waals surface area contributed by atoms with Gasteiger partial charge in [-0.3, -0.25) is 9.59 Å². The minimum atomic E-state index is -0.713. The van der Waals surface area contributed by atoms with E-state index in [9.17, 15) is 9.59 Å². The lowest BCUT2D eigenvalue weighted by Crippen LogP contribution is -2.44. The number of allylic oxidation sites excluding steroid dienone is 3. The molecule has 2 aliphatic rings. The summed E-state index contributed by atoms with van der Waals surface area (Å²) in [6, 6.07) is 39.2. The molecule has 2 aliphatic carbocycles. The number of alkyl halides is 1. The topological polar surface area (TPSA) is 80.3 Å². The summed E-state index contributed by atoms with van der Waals surface area (Å²) < 4.78 is 7.79. The van der Waals surface area contributed by atoms with Crippen LogP contribution in [0.1, 0.15) is 68.7 Å². The van der Waals surface area contributed by atoms with E-state index in [0.29, 0.717) is 38.4 Å². The molecule has 0 atom stereocenters. The number of aromatic nitrogens is 1. The molecule has 2 N–H and O–H groups in total. The zero-order valence-corrected chi connectivity index (χ0v) is 36.9. The van der Waals surface area contributed by atoms with E-state index in [1.807, 2.05) is 67.6 Å². The Morgan fingerprint density at radius 3 is 1.58 bits per heavy atom. The number of thiazole rings is 1. The van der Waals surface area contributed by atoms with Crippen molar-refractivity contribution < 1.29 is 14.3 Å². The van der Waals surface area contributed by atoms with Crippen molar-refractivity contribution in [2.24, 2.45) is 0 Å². The summed E-state index contributed by atoms with van der Waals surface area (Å²) in [5.41, 5.74) is 8.57. The number of amides is 2. The molecule has 0 aliphatic heterocycles. The smallest absolute Gasteiger partial charge is 0.235 e. The van der Waals surface area contributed by atoms with Crippen LogP contribution in [0.15, 0.2) is 144 Å². The van der Waals surface area contributed by atoms with Crippen molar-refractivity contribution in [3.05, 3.63) is 162 Å². The molecule has 0 saturated heterocycles. The first kappa shape index (κ1) is 43.0. The number of benzene rings is 5. The standard InChI is InChI=1S/C30H30N2O2S2.C21H22ClNO/c1-3-18-31-28(33)30(24-13-7-5-11-22(24)23-12-6-8-14-25(23)30)17-9-10-19-35-29-32-26-16-15-21(34-4-2)20-27(26)36-29;1-2-15-23-20(24)21(13-7-8-14-22)18-11-5-3-9-16(18)17-10-4-6-12-19(17)21/h5-16,20H,3-4,17-19H2,1-2H3,(H,31,33);3-12H,2,13-15H2,1H3,(H,23,24)/b10-9-;8-7-. The van der Waals surface area contributed by atoms with Crippen LogP contribution in [0.3, 0.4) is 0 Å². The molecular formula is C51H52ClN3O3S2. The first-order valence-corrected chi connectivity index (χ1v) is 23.2. The number of halogens is 1. The Kier molecular flexibility index (Phi) is 14.3. The first-order valence-electron chi connectivity index (χ1n) is 20.9. The van der Waals surface area contributed by atoms with Gasteiger partial charge in [-0.1, -0.05) is 147 Å². The molecule has 6 nitrogen and oxygen atoms in total. The molecule has 1 heterocycles. The number of fused-ring (bicyclic) bond motifs is 7. The average Bonchev–Trinajstić information content (AvgIpc) is 3.92. The Hall–Kier alpha value is -5.15. The van der Waals surface area contributed by atoms with E-state index in [0.717, 1.165) is 83.4 Å². The third kappa shape index (κ3) is 8.43. The minimum Gasteiger partial charge on any atom is -0.494 e. The highest BCUT2D eigenvalue weighted by Gasteiger charge is 2.49. The van der Waals surface area contributed by atoms with Gasteiger partial charge in [-0.15, -0.1) is 22.9 Å². The van der Waals surface area contributed by atoms with Crippen molar-refractivity contribution in [3.8, 4) is 28.0 Å². The SMILES string of the molecule is CCCNC(=O)C1(C/C=C\CCl)c2ccccc2-c2ccccc21.CCCNC(=O)C1(C/C=C\CSc2nc3ccc(OCC)cc3s2)c2ccccc2-c2ccccc21. The number of rotatable bonds is 16. The Balaban J connectivity index is 0.000000197. The molecule has 308 valence electrons. The van der Waals surface area contributed by atoms with Crippen LogP contribution in [0.5, 0.6) is 5.75 Å². The van der Waals surface area contributed by atoms with Gasteiger partial charge in [0.15, 0.2) is 4.34 Å². The fourth-order valence-corrected chi connectivity index (χ4v) is 10.6. The lowest BCUT2D eigenvalue weighted by Gasteiger charge is -2.29. The van der Waals surface area contributed by atoms with Crippen LogP contribution in [0.4, 0.5) is 0 Å². The first-order chi connectivity index (χ1) is 29.4. The van der Waals surface area contributed by atoms with Crippen LogP contribution < -0.4 is 15.4 Å². The van der Waals surface area contributed by atoms with Crippen LogP contribution in [0.25, 0.3) is 32.5 Å². The molecule has 60 heavy (non-hydrogen) atoms. The summed E-state index contributed by atoms with van der Waals surface area (Å²) in [4.78, 5) is 31.8. The largest absolute Gasteiger partial charge is 0.494 e. The normalized spacial score (nSPS) is 13.9. The van der Waals surface area contributed by atoms with Gasteiger partial charge in [0.25, 0.3) is 0 Å². The van der Waals surface area contributed by atoms with E-state index < -0.39 is 10.8 Å². The highest BCUT2D eigenvalue weighted by molar-refractivity contribution is 8.01. The number of nitrogens with zero attached hydrogens (tertiary/aromatic N) is 1. The second-order valence-corrected chi connectivity index (χ2v) is 17.5. The summed E-state index contributed by atoms with van der Waals surface area (Å²) in [6.45, 7) is 8.16. The predicted molar refractivity (Wildman–Crippen MR) is 252 cm³/mol. The Labute approximate surface area is 367 Å². The molecule has 0 saturated carbocycles. The number of nitrogens with one attached hydrogen (secondary N) is 2. The molecule has 5 aromatic carbocycles. The third-order valence-electron chi connectivity index (χ3n) is 11.2. The number of ether oxygens (including phenoxy) is 1. The predicted octanol–water partition coefficient (Wildman–Crippen LogP) is 11.9. The number of thioether (sulfide) groups is 1. The van der Waals surface area contributed by atoms with Crippen molar-refractivity contribution in [3.63, 3.8) is 0 Å². The van der Waals surface area contributed by atoms with Crippen LogP contribution in [-0.4, -0.2) is 48.1 Å². The fourth-order valence-electron chi connectivity index (χ4n) is 8.52. The zero-order chi connectivity index (χ0) is 42.0. The summed E-state index contributed by atoms with van der Waals surface area (Å²) in [5.74, 6) is 2.29. The molecule has 0 bridgehead atoms. The molecule has 0 radical (unpaired) electrons. The highest BCUT2D eigenvalue weighted by Crippen LogP contribution is 2.52. The number of carbonyl (C=O) groups is 2. The van der Waals surface area contributed by atoms with Crippen LogP contribution in [-0.2, 0) is 20.4 Å². The second kappa shape index (κ2) is 19.9. The van der Waals surface area contributed by atoms with Gasteiger partial charge >= 0.3 is 0 Å². The van der Waals surface area contributed by atoms with Crippen LogP contribution in [0, 0.1) is 0 Å². The van der Waals surface area contributed by atoms with E-state index >= 15 is 0 Å². The quantitative estimate of drug-likeness (QED) is 0.0576.